The van der Waals surface area contributed by atoms with Crippen LogP contribution in [-0.2, 0) is 0 Å². The van der Waals surface area contributed by atoms with Gasteiger partial charge in [0.1, 0.15) is 0 Å². The fraction of sp³-hybridized carbons (Fsp3) is 0.235. The van der Waals surface area contributed by atoms with Crippen molar-refractivity contribution in [3.8, 4) is 11.1 Å². The maximum absolute atomic E-state index is 12.5. The molecule has 0 aliphatic heterocycles. The number of benzene rings is 2. The Kier molecular flexibility index (Phi) is 3.91. The lowest BCUT2D eigenvalue weighted by molar-refractivity contribution is 0.0859. The molecule has 2 rings (SSSR count). The summed E-state index contributed by atoms with van der Waals surface area (Å²) in [6, 6.07) is 15.8. The van der Waals surface area contributed by atoms with Crippen LogP contribution in [0.5, 0.6) is 0 Å². The molecule has 1 nitrogen and oxygen atoms in total. The fourth-order valence-corrected chi connectivity index (χ4v) is 2.39. The molecule has 0 unspecified atom stereocenters. The molecule has 2 aromatic carbocycles. The predicted molar refractivity (Wildman–Crippen MR) is 83.4 cm³/mol. The first-order chi connectivity index (χ1) is 8.89. The summed E-state index contributed by atoms with van der Waals surface area (Å²) in [5.41, 5.74) is 2.46. The van der Waals surface area contributed by atoms with Gasteiger partial charge < -0.3 is 0 Å². The van der Waals surface area contributed by atoms with E-state index in [1.54, 1.807) is 0 Å². The molecular formula is C17H17BrO. The first kappa shape index (κ1) is 14.0. The Bertz CT molecular complexity index is 609. The van der Waals surface area contributed by atoms with Crippen molar-refractivity contribution < 1.29 is 4.79 Å². The molecule has 0 radical (unpaired) electrons. The van der Waals surface area contributed by atoms with Gasteiger partial charge in [0.25, 0.3) is 0 Å². The van der Waals surface area contributed by atoms with Gasteiger partial charge in [-0.25, -0.2) is 0 Å². The first-order valence-corrected chi connectivity index (χ1v) is 7.08. The number of hydrogen-bond acceptors (Lipinski definition) is 1. The Morgan fingerprint density at radius 1 is 1.00 bits per heavy atom. The van der Waals surface area contributed by atoms with E-state index in [4.69, 9.17) is 0 Å². The number of carbonyl (C=O) groups is 1. The molecule has 0 amide bonds. The van der Waals surface area contributed by atoms with E-state index in [2.05, 4.69) is 15.9 Å². The van der Waals surface area contributed by atoms with Gasteiger partial charge in [-0.2, -0.15) is 0 Å². The van der Waals surface area contributed by atoms with Gasteiger partial charge >= 0.3 is 0 Å². The number of ketones is 1. The molecule has 0 aromatic heterocycles. The van der Waals surface area contributed by atoms with Crippen LogP contribution in [0.2, 0.25) is 0 Å². The van der Waals surface area contributed by atoms with E-state index < -0.39 is 0 Å². The summed E-state index contributed by atoms with van der Waals surface area (Å²) in [7, 11) is 0. The van der Waals surface area contributed by atoms with Crippen LogP contribution >= 0.6 is 15.9 Å². The lowest BCUT2D eigenvalue weighted by Gasteiger charge is -2.19. The topological polar surface area (TPSA) is 17.1 Å². The Morgan fingerprint density at radius 2 is 1.68 bits per heavy atom. The van der Waals surface area contributed by atoms with E-state index in [0.717, 1.165) is 21.2 Å². The third-order valence-electron chi connectivity index (χ3n) is 2.99. The predicted octanol–water partition coefficient (Wildman–Crippen LogP) is 5.34. The maximum Gasteiger partial charge on any atom is 0.168 e. The number of halogens is 1. The zero-order valence-corrected chi connectivity index (χ0v) is 13.0. The van der Waals surface area contributed by atoms with Gasteiger partial charge in [0, 0.05) is 15.5 Å². The quantitative estimate of drug-likeness (QED) is 0.683. The monoisotopic (exact) mass is 316 g/mol. The summed E-state index contributed by atoms with van der Waals surface area (Å²) in [5, 5.41) is 0. The average molecular weight is 317 g/mol. The Hall–Kier alpha value is -1.41. The average Bonchev–Trinajstić information content (AvgIpc) is 2.37. The molecule has 0 fully saturated rings. The van der Waals surface area contributed by atoms with E-state index in [9.17, 15) is 4.79 Å². The minimum absolute atomic E-state index is 0.170. The van der Waals surface area contributed by atoms with E-state index in [-0.39, 0.29) is 11.2 Å². The van der Waals surface area contributed by atoms with Crippen LogP contribution in [0.3, 0.4) is 0 Å². The molecule has 0 bridgehead atoms. The molecule has 0 saturated carbocycles. The zero-order chi connectivity index (χ0) is 14.0. The summed E-state index contributed by atoms with van der Waals surface area (Å²) in [5.74, 6) is 0.170. The minimum Gasteiger partial charge on any atom is -0.294 e. The molecule has 2 heteroatoms. The van der Waals surface area contributed by atoms with Crippen molar-refractivity contribution in [1.29, 1.82) is 0 Å². The Morgan fingerprint density at radius 3 is 2.32 bits per heavy atom. The lowest BCUT2D eigenvalue weighted by atomic mass is 9.83. The summed E-state index contributed by atoms with van der Waals surface area (Å²) in [6.07, 6.45) is 0. The van der Waals surface area contributed by atoms with Crippen LogP contribution in [0.25, 0.3) is 11.1 Å². The molecule has 98 valence electrons. The standard InChI is InChI=1S/C17H17BrO/c1-17(2,3)16(19)15-10-5-4-9-14(15)12-7-6-8-13(18)11-12/h4-11H,1-3H3. The highest BCUT2D eigenvalue weighted by Crippen LogP contribution is 2.30. The van der Waals surface area contributed by atoms with Crippen molar-refractivity contribution in [2.45, 2.75) is 20.8 Å². The van der Waals surface area contributed by atoms with Crippen LogP contribution in [0.1, 0.15) is 31.1 Å². The van der Waals surface area contributed by atoms with E-state index >= 15 is 0 Å². The molecule has 0 spiro atoms. The maximum atomic E-state index is 12.5. The fourth-order valence-electron chi connectivity index (χ4n) is 1.99. The van der Waals surface area contributed by atoms with Crippen molar-refractivity contribution in [3.05, 3.63) is 58.6 Å². The van der Waals surface area contributed by atoms with E-state index in [1.165, 1.54) is 0 Å². The first-order valence-electron chi connectivity index (χ1n) is 6.29. The normalized spacial score (nSPS) is 11.4. The van der Waals surface area contributed by atoms with Crippen molar-refractivity contribution in [1.82, 2.24) is 0 Å². The number of rotatable bonds is 2. The van der Waals surface area contributed by atoms with E-state index in [0.29, 0.717) is 0 Å². The van der Waals surface area contributed by atoms with Crippen LogP contribution in [-0.4, -0.2) is 5.78 Å². The van der Waals surface area contributed by atoms with Crippen LogP contribution in [0, 0.1) is 5.41 Å². The third-order valence-corrected chi connectivity index (χ3v) is 3.48. The largest absolute Gasteiger partial charge is 0.294 e. The van der Waals surface area contributed by atoms with Crippen LogP contribution < -0.4 is 0 Å². The van der Waals surface area contributed by atoms with Gasteiger partial charge in [-0.1, -0.05) is 73.1 Å². The van der Waals surface area contributed by atoms with Crippen LogP contribution in [0.15, 0.2) is 53.0 Å². The second-order valence-electron chi connectivity index (χ2n) is 5.64. The van der Waals surface area contributed by atoms with Gasteiger partial charge in [0.15, 0.2) is 5.78 Å². The molecule has 0 aliphatic carbocycles. The van der Waals surface area contributed by atoms with Gasteiger partial charge in [0.05, 0.1) is 0 Å². The number of hydrogen-bond donors (Lipinski definition) is 0. The SMILES string of the molecule is CC(C)(C)C(=O)c1ccccc1-c1cccc(Br)c1. The van der Waals surface area contributed by atoms with Crippen LogP contribution in [0.4, 0.5) is 0 Å². The Balaban J connectivity index is 2.57. The van der Waals surface area contributed by atoms with Crippen molar-refractivity contribution in [2.24, 2.45) is 5.41 Å². The summed E-state index contributed by atoms with van der Waals surface area (Å²) in [6.45, 7) is 5.85. The van der Waals surface area contributed by atoms with Gasteiger partial charge in [0.2, 0.25) is 0 Å². The van der Waals surface area contributed by atoms with Crippen molar-refractivity contribution in [3.63, 3.8) is 0 Å². The molecule has 0 heterocycles. The molecular weight excluding hydrogens is 300 g/mol. The highest BCUT2D eigenvalue weighted by Gasteiger charge is 2.25. The highest BCUT2D eigenvalue weighted by atomic mass is 79.9. The summed E-state index contributed by atoms with van der Waals surface area (Å²) >= 11 is 3.48. The summed E-state index contributed by atoms with van der Waals surface area (Å²) < 4.78 is 1.02. The minimum atomic E-state index is -0.373. The van der Waals surface area contributed by atoms with Gasteiger partial charge in [-0.3, -0.25) is 4.79 Å². The molecule has 0 atom stereocenters. The van der Waals surface area contributed by atoms with Gasteiger partial charge in [-0.15, -0.1) is 0 Å². The van der Waals surface area contributed by atoms with Gasteiger partial charge in [-0.05, 0) is 23.3 Å². The van der Waals surface area contributed by atoms with Crippen molar-refractivity contribution >= 4 is 21.7 Å². The molecule has 0 N–H and O–H groups in total. The molecule has 2 aromatic rings. The number of Topliss-reactive ketones (excluding diaryl/α,β-unsaturated/α-hetero) is 1. The molecule has 19 heavy (non-hydrogen) atoms. The smallest absolute Gasteiger partial charge is 0.168 e. The second kappa shape index (κ2) is 5.30. The number of carbonyl (C=O) groups excluding carboxylic acids is 1. The third kappa shape index (κ3) is 3.13. The lowest BCUT2D eigenvalue weighted by Crippen LogP contribution is -2.20. The van der Waals surface area contributed by atoms with E-state index in [1.807, 2.05) is 69.3 Å². The molecule has 0 saturated heterocycles. The summed E-state index contributed by atoms with van der Waals surface area (Å²) in [4.78, 5) is 12.5. The Labute approximate surface area is 122 Å². The highest BCUT2D eigenvalue weighted by molar-refractivity contribution is 9.10. The second-order valence-corrected chi connectivity index (χ2v) is 6.55. The van der Waals surface area contributed by atoms with Crippen molar-refractivity contribution in [2.75, 3.05) is 0 Å². The molecule has 0 aliphatic rings. The zero-order valence-electron chi connectivity index (χ0n) is 11.4.